The molecular formula is C13H16BrN3O3. The van der Waals surface area contributed by atoms with Crippen molar-refractivity contribution in [2.24, 2.45) is 0 Å². The van der Waals surface area contributed by atoms with Crippen LogP contribution in [0.3, 0.4) is 0 Å². The molecule has 7 heteroatoms. The van der Waals surface area contributed by atoms with Crippen LogP contribution in [0.1, 0.15) is 16.2 Å². The molecule has 108 valence electrons. The zero-order valence-corrected chi connectivity index (χ0v) is 13.2. The van der Waals surface area contributed by atoms with Gasteiger partial charge in [0.1, 0.15) is 0 Å². The van der Waals surface area contributed by atoms with E-state index in [-0.39, 0.29) is 11.5 Å². The summed E-state index contributed by atoms with van der Waals surface area (Å²) in [5, 5.41) is 4.20. The van der Waals surface area contributed by atoms with Gasteiger partial charge in [0.15, 0.2) is 21.9 Å². The Morgan fingerprint density at radius 2 is 2.25 bits per heavy atom. The van der Waals surface area contributed by atoms with Gasteiger partial charge >= 0.3 is 0 Å². The average Bonchev–Trinajstić information content (AvgIpc) is 3.01. The van der Waals surface area contributed by atoms with Crippen LogP contribution >= 0.6 is 15.9 Å². The van der Waals surface area contributed by atoms with Crippen LogP contribution in [0.5, 0.6) is 5.75 Å². The quantitative estimate of drug-likeness (QED) is 0.752. The summed E-state index contributed by atoms with van der Waals surface area (Å²) in [6.45, 7) is 1.37. The Hall–Kier alpha value is -1.60. The van der Waals surface area contributed by atoms with E-state index in [1.807, 2.05) is 19.0 Å². The summed E-state index contributed by atoms with van der Waals surface area (Å²) in [4.78, 5) is 14.5. The van der Waals surface area contributed by atoms with E-state index < -0.39 is 0 Å². The molecule has 0 aliphatic heterocycles. The van der Waals surface area contributed by atoms with Crippen LogP contribution in [0.15, 0.2) is 27.4 Å². The first-order valence-electron chi connectivity index (χ1n) is 6.07. The number of aromatic nitrogens is 2. The second-order valence-electron chi connectivity index (χ2n) is 4.52. The summed E-state index contributed by atoms with van der Waals surface area (Å²) < 4.78 is 12.7. The van der Waals surface area contributed by atoms with Gasteiger partial charge in [-0.15, -0.1) is 0 Å². The summed E-state index contributed by atoms with van der Waals surface area (Å²) >= 11 is 3.19. The molecule has 0 atom stereocenters. The lowest BCUT2D eigenvalue weighted by atomic mass is 10.2. The number of carbonyl (C=O) groups excluding carboxylic acids is 1. The highest BCUT2D eigenvalue weighted by Gasteiger charge is 2.23. The standard InChI is InChI=1S/C13H16BrN3O3/c1-16(2)6-7-17-12(10(19-3)8-15-17)13(18)9-4-5-11(14)20-9/h4-5,8H,6-7H2,1-3H3. The van der Waals surface area contributed by atoms with Crippen molar-refractivity contribution in [3.8, 4) is 5.75 Å². The van der Waals surface area contributed by atoms with Crippen molar-refractivity contribution in [1.29, 1.82) is 0 Å². The van der Waals surface area contributed by atoms with E-state index in [4.69, 9.17) is 9.15 Å². The van der Waals surface area contributed by atoms with Crippen molar-refractivity contribution < 1.29 is 13.9 Å². The maximum atomic E-state index is 12.5. The minimum atomic E-state index is -0.246. The Kier molecular flexibility index (Phi) is 4.61. The van der Waals surface area contributed by atoms with E-state index in [2.05, 4.69) is 21.0 Å². The normalized spacial score (nSPS) is 11.1. The van der Waals surface area contributed by atoms with Crippen LogP contribution in [0.4, 0.5) is 0 Å². The summed E-state index contributed by atoms with van der Waals surface area (Å²) in [6.07, 6.45) is 1.54. The van der Waals surface area contributed by atoms with Crippen LogP contribution < -0.4 is 4.74 Å². The monoisotopic (exact) mass is 341 g/mol. The van der Waals surface area contributed by atoms with Gasteiger partial charge in [-0.1, -0.05) is 0 Å². The number of carbonyl (C=O) groups is 1. The van der Waals surface area contributed by atoms with Crippen molar-refractivity contribution in [1.82, 2.24) is 14.7 Å². The number of ether oxygens (including phenoxy) is 1. The van der Waals surface area contributed by atoms with Crippen molar-refractivity contribution in [2.75, 3.05) is 27.7 Å². The number of rotatable bonds is 6. The fourth-order valence-electron chi connectivity index (χ4n) is 1.76. The first-order valence-corrected chi connectivity index (χ1v) is 6.86. The van der Waals surface area contributed by atoms with Crippen LogP contribution in [-0.4, -0.2) is 48.2 Å². The number of nitrogens with zero attached hydrogens (tertiary/aromatic N) is 3. The van der Waals surface area contributed by atoms with Crippen LogP contribution in [-0.2, 0) is 6.54 Å². The Labute approximate surface area is 125 Å². The lowest BCUT2D eigenvalue weighted by Crippen LogP contribution is -2.21. The van der Waals surface area contributed by atoms with Gasteiger partial charge in [0.25, 0.3) is 0 Å². The van der Waals surface area contributed by atoms with Gasteiger partial charge < -0.3 is 14.1 Å². The SMILES string of the molecule is COc1cnn(CCN(C)C)c1C(=O)c1ccc(Br)o1. The Morgan fingerprint density at radius 3 is 2.80 bits per heavy atom. The third-order valence-corrected chi connectivity index (χ3v) is 3.22. The predicted molar refractivity (Wildman–Crippen MR) is 77.2 cm³/mol. The van der Waals surface area contributed by atoms with E-state index in [1.165, 1.54) is 7.11 Å². The number of ketones is 1. The molecule has 6 nitrogen and oxygen atoms in total. The Bertz CT molecular complexity index is 604. The minimum absolute atomic E-state index is 0.246. The second-order valence-corrected chi connectivity index (χ2v) is 5.30. The van der Waals surface area contributed by atoms with Gasteiger partial charge in [0, 0.05) is 6.54 Å². The molecule has 0 aliphatic rings. The highest BCUT2D eigenvalue weighted by Crippen LogP contribution is 2.23. The maximum Gasteiger partial charge on any atom is 0.250 e. The zero-order valence-electron chi connectivity index (χ0n) is 11.6. The summed E-state index contributed by atoms with van der Waals surface area (Å²) in [5.41, 5.74) is 0.399. The van der Waals surface area contributed by atoms with E-state index in [0.29, 0.717) is 22.7 Å². The Balaban J connectivity index is 2.33. The fraction of sp³-hybridized carbons (Fsp3) is 0.385. The van der Waals surface area contributed by atoms with Crippen molar-refractivity contribution >= 4 is 21.7 Å². The molecule has 0 spiro atoms. The van der Waals surface area contributed by atoms with Crippen LogP contribution in [0.25, 0.3) is 0 Å². The number of halogens is 1. The molecule has 2 rings (SSSR count). The van der Waals surface area contributed by atoms with Gasteiger partial charge in [-0.3, -0.25) is 9.48 Å². The first-order chi connectivity index (χ1) is 9.52. The van der Waals surface area contributed by atoms with Gasteiger partial charge in [0.05, 0.1) is 19.9 Å². The summed E-state index contributed by atoms with van der Waals surface area (Å²) in [6, 6.07) is 3.30. The van der Waals surface area contributed by atoms with E-state index in [0.717, 1.165) is 6.54 Å². The smallest absolute Gasteiger partial charge is 0.250 e. The molecule has 0 unspecified atom stereocenters. The minimum Gasteiger partial charge on any atom is -0.493 e. The third-order valence-electron chi connectivity index (χ3n) is 2.80. The molecule has 0 amide bonds. The lowest BCUT2D eigenvalue weighted by molar-refractivity contribution is 0.0994. The van der Waals surface area contributed by atoms with E-state index in [1.54, 1.807) is 23.0 Å². The molecule has 2 heterocycles. The molecule has 0 saturated carbocycles. The summed E-state index contributed by atoms with van der Waals surface area (Å²) in [7, 11) is 5.44. The zero-order chi connectivity index (χ0) is 14.7. The molecule has 0 N–H and O–H groups in total. The first kappa shape index (κ1) is 14.8. The van der Waals surface area contributed by atoms with E-state index in [9.17, 15) is 4.79 Å². The average molecular weight is 342 g/mol. The van der Waals surface area contributed by atoms with Gasteiger partial charge in [-0.2, -0.15) is 5.10 Å². The summed E-state index contributed by atoms with van der Waals surface area (Å²) in [5.74, 6) is 0.451. The molecule has 20 heavy (non-hydrogen) atoms. The number of furan rings is 1. The number of methoxy groups -OCH3 is 1. The highest BCUT2D eigenvalue weighted by atomic mass is 79.9. The van der Waals surface area contributed by atoms with Crippen molar-refractivity contribution in [2.45, 2.75) is 6.54 Å². The number of hydrogen-bond acceptors (Lipinski definition) is 5. The van der Waals surface area contributed by atoms with Gasteiger partial charge in [-0.25, -0.2) is 0 Å². The highest BCUT2D eigenvalue weighted by molar-refractivity contribution is 9.10. The molecule has 0 saturated heterocycles. The van der Waals surface area contributed by atoms with E-state index >= 15 is 0 Å². The largest absolute Gasteiger partial charge is 0.493 e. The molecule has 0 aliphatic carbocycles. The lowest BCUT2D eigenvalue weighted by Gasteiger charge is -2.11. The third kappa shape index (κ3) is 3.10. The Morgan fingerprint density at radius 1 is 1.50 bits per heavy atom. The molecule has 2 aromatic heterocycles. The molecule has 0 aromatic carbocycles. The molecule has 0 fully saturated rings. The van der Waals surface area contributed by atoms with Crippen molar-refractivity contribution in [3.05, 3.63) is 34.5 Å². The maximum absolute atomic E-state index is 12.5. The number of hydrogen-bond donors (Lipinski definition) is 0. The van der Waals surface area contributed by atoms with Crippen molar-refractivity contribution in [3.63, 3.8) is 0 Å². The fourth-order valence-corrected chi connectivity index (χ4v) is 2.07. The molecule has 0 bridgehead atoms. The number of likely N-dealkylation sites (N-methyl/N-ethyl adjacent to an activating group) is 1. The molecule has 2 aromatic rings. The van der Waals surface area contributed by atoms with Gasteiger partial charge in [0.2, 0.25) is 5.78 Å². The van der Waals surface area contributed by atoms with Crippen LogP contribution in [0, 0.1) is 0 Å². The predicted octanol–water partition coefficient (Wildman–Crippen LogP) is 2.04. The second kappa shape index (κ2) is 6.23. The molecule has 0 radical (unpaired) electrons. The van der Waals surface area contributed by atoms with Gasteiger partial charge in [-0.05, 0) is 42.2 Å². The topological polar surface area (TPSA) is 60.5 Å². The molecular weight excluding hydrogens is 326 g/mol. The van der Waals surface area contributed by atoms with Crippen LogP contribution in [0.2, 0.25) is 0 Å².